The second-order valence-corrected chi connectivity index (χ2v) is 6.09. The van der Waals surface area contributed by atoms with E-state index in [1.165, 1.54) is 4.57 Å². The maximum absolute atomic E-state index is 12.9. The van der Waals surface area contributed by atoms with Crippen LogP contribution in [0, 0.1) is 0 Å². The number of nitrogens with zero attached hydrogens (tertiary/aromatic N) is 2. The van der Waals surface area contributed by atoms with Crippen LogP contribution in [0.15, 0.2) is 23.0 Å². The molecule has 2 fully saturated rings. The van der Waals surface area contributed by atoms with Crippen LogP contribution < -0.4 is 11.0 Å². The molecule has 23 heavy (non-hydrogen) atoms. The second kappa shape index (κ2) is 4.91. The maximum atomic E-state index is 12.9. The molecular weight excluding hydrogens is 298 g/mol. The van der Waals surface area contributed by atoms with Crippen molar-refractivity contribution < 1.29 is 14.4 Å². The molecule has 0 bridgehead atoms. The summed E-state index contributed by atoms with van der Waals surface area (Å²) in [5.74, 6) is -0.758. The van der Waals surface area contributed by atoms with Crippen LogP contribution in [0.3, 0.4) is 0 Å². The SMILES string of the molecule is O=Cc1ccc2c(c1)n(C1CC1)c(=O)n2C1CCC(=O)NC1=O. The number of piperidine rings is 1. The largest absolute Gasteiger partial charge is 0.330 e. The van der Waals surface area contributed by atoms with Crippen LogP contribution in [0.4, 0.5) is 0 Å². The molecule has 118 valence electrons. The zero-order valence-electron chi connectivity index (χ0n) is 12.3. The Morgan fingerprint density at radius 3 is 2.48 bits per heavy atom. The smallest absolute Gasteiger partial charge is 0.298 e. The van der Waals surface area contributed by atoms with Gasteiger partial charge in [-0.1, -0.05) is 0 Å². The summed E-state index contributed by atoms with van der Waals surface area (Å²) in [5.41, 5.74) is 1.54. The summed E-state index contributed by atoms with van der Waals surface area (Å²) in [4.78, 5) is 47.4. The van der Waals surface area contributed by atoms with Crippen molar-refractivity contribution in [1.29, 1.82) is 0 Å². The molecule has 2 heterocycles. The van der Waals surface area contributed by atoms with Gasteiger partial charge >= 0.3 is 5.69 Å². The third kappa shape index (κ3) is 2.11. The molecule has 7 nitrogen and oxygen atoms in total. The average Bonchev–Trinajstić information content (AvgIpc) is 3.31. The minimum Gasteiger partial charge on any atom is -0.298 e. The van der Waals surface area contributed by atoms with E-state index in [4.69, 9.17) is 0 Å². The van der Waals surface area contributed by atoms with Gasteiger partial charge in [-0.15, -0.1) is 0 Å². The quantitative estimate of drug-likeness (QED) is 0.674. The number of rotatable bonds is 3. The number of amides is 2. The Labute approximate surface area is 130 Å². The van der Waals surface area contributed by atoms with Gasteiger partial charge in [0.1, 0.15) is 12.3 Å². The standard InChI is InChI=1S/C16H15N3O4/c20-8-9-1-4-11-13(7-9)18(10-2-3-10)16(23)19(11)12-5-6-14(21)17-15(12)22/h1,4,7-8,10,12H,2-3,5-6H2,(H,17,21,22). The van der Waals surface area contributed by atoms with E-state index in [0.717, 1.165) is 19.1 Å². The average molecular weight is 313 g/mol. The molecule has 2 aromatic rings. The normalized spacial score (nSPS) is 21.5. The van der Waals surface area contributed by atoms with Crippen molar-refractivity contribution in [2.24, 2.45) is 0 Å². The minimum absolute atomic E-state index is 0.126. The van der Waals surface area contributed by atoms with E-state index in [1.807, 2.05) is 0 Å². The Kier molecular flexibility index (Phi) is 2.97. The van der Waals surface area contributed by atoms with E-state index in [-0.39, 0.29) is 24.1 Å². The lowest BCUT2D eigenvalue weighted by molar-refractivity contribution is -0.135. The van der Waals surface area contributed by atoms with Crippen molar-refractivity contribution in [2.45, 2.75) is 37.8 Å². The van der Waals surface area contributed by atoms with E-state index in [9.17, 15) is 19.2 Å². The first-order valence-corrected chi connectivity index (χ1v) is 7.65. The Morgan fingerprint density at radius 2 is 1.83 bits per heavy atom. The summed E-state index contributed by atoms with van der Waals surface area (Å²) in [5, 5.41) is 2.29. The molecule has 2 aliphatic rings. The predicted molar refractivity (Wildman–Crippen MR) is 81.3 cm³/mol. The van der Waals surface area contributed by atoms with Crippen LogP contribution in [0.25, 0.3) is 11.0 Å². The molecule has 7 heteroatoms. The lowest BCUT2D eigenvalue weighted by atomic mass is 10.1. The summed E-state index contributed by atoms with van der Waals surface area (Å²) in [6.45, 7) is 0. The third-order valence-electron chi connectivity index (χ3n) is 4.50. The van der Waals surface area contributed by atoms with Gasteiger partial charge in [0.25, 0.3) is 0 Å². The Hall–Kier alpha value is -2.70. The fraction of sp³-hybridized carbons (Fsp3) is 0.375. The number of carbonyl (C=O) groups excluding carboxylic acids is 3. The zero-order chi connectivity index (χ0) is 16.1. The summed E-state index contributed by atoms with van der Waals surface area (Å²) < 4.78 is 3.13. The number of hydrogen-bond acceptors (Lipinski definition) is 4. The van der Waals surface area contributed by atoms with Gasteiger partial charge in [-0.2, -0.15) is 0 Å². The fourth-order valence-corrected chi connectivity index (χ4v) is 3.25. The molecule has 4 rings (SSSR count). The van der Waals surface area contributed by atoms with E-state index in [2.05, 4.69) is 5.32 Å². The Balaban J connectivity index is 1.94. The van der Waals surface area contributed by atoms with Crippen molar-refractivity contribution in [2.75, 3.05) is 0 Å². The lowest BCUT2D eigenvalue weighted by Crippen LogP contribution is -2.44. The number of carbonyl (C=O) groups is 3. The highest BCUT2D eigenvalue weighted by Gasteiger charge is 2.34. The summed E-state index contributed by atoms with van der Waals surface area (Å²) >= 11 is 0. The second-order valence-electron chi connectivity index (χ2n) is 6.09. The highest BCUT2D eigenvalue weighted by atomic mass is 16.2. The topological polar surface area (TPSA) is 90.2 Å². The van der Waals surface area contributed by atoms with E-state index in [1.54, 1.807) is 22.8 Å². The van der Waals surface area contributed by atoms with Crippen LogP contribution in [0.2, 0.25) is 0 Å². The molecule has 1 aromatic heterocycles. The van der Waals surface area contributed by atoms with Crippen molar-refractivity contribution >= 4 is 29.1 Å². The van der Waals surface area contributed by atoms with Gasteiger partial charge in [0.05, 0.1) is 11.0 Å². The molecule has 1 saturated carbocycles. The van der Waals surface area contributed by atoms with Crippen LogP contribution in [0.1, 0.15) is 48.1 Å². The van der Waals surface area contributed by atoms with Gasteiger partial charge in [-0.05, 0) is 37.5 Å². The number of aromatic nitrogens is 2. The van der Waals surface area contributed by atoms with E-state index < -0.39 is 11.9 Å². The molecule has 1 aromatic carbocycles. The van der Waals surface area contributed by atoms with Gasteiger partial charge < -0.3 is 0 Å². The first kappa shape index (κ1) is 13.9. The molecule has 1 aliphatic heterocycles. The highest BCUT2D eigenvalue weighted by molar-refractivity contribution is 6.00. The third-order valence-corrected chi connectivity index (χ3v) is 4.50. The van der Waals surface area contributed by atoms with E-state index in [0.29, 0.717) is 23.0 Å². The summed E-state index contributed by atoms with van der Waals surface area (Å²) in [6, 6.07) is 4.45. The molecular formula is C16H15N3O4. The van der Waals surface area contributed by atoms with Gasteiger partial charge in [0, 0.05) is 18.0 Å². The first-order chi connectivity index (χ1) is 11.1. The molecule has 1 N–H and O–H groups in total. The molecule has 0 spiro atoms. The zero-order valence-corrected chi connectivity index (χ0v) is 12.3. The van der Waals surface area contributed by atoms with Gasteiger partial charge in [0.2, 0.25) is 11.8 Å². The van der Waals surface area contributed by atoms with Crippen LogP contribution in [0.5, 0.6) is 0 Å². The maximum Gasteiger partial charge on any atom is 0.330 e. The monoisotopic (exact) mass is 313 g/mol. The molecule has 0 radical (unpaired) electrons. The summed E-state index contributed by atoms with van der Waals surface area (Å²) in [6.07, 6.45) is 3.10. The molecule has 1 aliphatic carbocycles. The first-order valence-electron chi connectivity index (χ1n) is 7.65. The molecule has 1 unspecified atom stereocenters. The molecule has 1 saturated heterocycles. The van der Waals surface area contributed by atoms with Gasteiger partial charge in [-0.25, -0.2) is 4.79 Å². The molecule has 2 amide bonds. The van der Waals surface area contributed by atoms with Crippen molar-refractivity contribution in [3.05, 3.63) is 34.2 Å². The molecule has 1 atom stereocenters. The van der Waals surface area contributed by atoms with Gasteiger partial charge in [0.15, 0.2) is 0 Å². The van der Waals surface area contributed by atoms with E-state index >= 15 is 0 Å². The van der Waals surface area contributed by atoms with Crippen molar-refractivity contribution in [1.82, 2.24) is 14.5 Å². The number of hydrogen-bond donors (Lipinski definition) is 1. The predicted octanol–water partition coefficient (Wildman–Crippen LogP) is 0.928. The minimum atomic E-state index is -0.690. The van der Waals surface area contributed by atoms with Crippen LogP contribution in [-0.2, 0) is 9.59 Å². The Morgan fingerprint density at radius 1 is 1.04 bits per heavy atom. The van der Waals surface area contributed by atoms with Gasteiger partial charge in [-0.3, -0.25) is 28.8 Å². The summed E-state index contributed by atoms with van der Waals surface area (Å²) in [7, 11) is 0. The lowest BCUT2D eigenvalue weighted by Gasteiger charge is -2.21. The van der Waals surface area contributed by atoms with Crippen LogP contribution in [-0.4, -0.2) is 27.2 Å². The number of benzene rings is 1. The number of aldehydes is 1. The number of fused-ring (bicyclic) bond motifs is 1. The number of imide groups is 1. The fourth-order valence-electron chi connectivity index (χ4n) is 3.25. The highest BCUT2D eigenvalue weighted by Crippen LogP contribution is 2.37. The number of imidazole rings is 1. The van der Waals surface area contributed by atoms with Crippen molar-refractivity contribution in [3.63, 3.8) is 0 Å². The van der Waals surface area contributed by atoms with Crippen LogP contribution >= 0.6 is 0 Å². The van der Waals surface area contributed by atoms with Crippen molar-refractivity contribution in [3.8, 4) is 0 Å². The number of nitrogens with one attached hydrogen (secondary N) is 1. The Bertz CT molecular complexity index is 904.